The molecule has 1 N–H and O–H groups in total. The van der Waals surface area contributed by atoms with Gasteiger partial charge < -0.3 is 19.3 Å². The van der Waals surface area contributed by atoms with Gasteiger partial charge in [0.2, 0.25) is 0 Å². The Balaban J connectivity index is 2.02. The Hall–Kier alpha value is -1.17. The summed E-state index contributed by atoms with van der Waals surface area (Å²) in [6.45, 7) is 11.4. The molecule has 2 fully saturated rings. The van der Waals surface area contributed by atoms with Crippen molar-refractivity contribution in [1.82, 2.24) is 0 Å². The summed E-state index contributed by atoms with van der Waals surface area (Å²) in [4.78, 5) is 11.4. The number of esters is 1. The molecule has 1 aliphatic carbocycles. The second-order valence-electron chi connectivity index (χ2n) is 9.56. The van der Waals surface area contributed by atoms with E-state index in [0.717, 1.165) is 69.8 Å². The Morgan fingerprint density at radius 3 is 2.61 bits per heavy atom. The lowest BCUT2D eigenvalue weighted by molar-refractivity contribution is -0.324. The smallest absolute Gasteiger partial charge is 0.302 e. The van der Waals surface area contributed by atoms with Crippen LogP contribution in [0.3, 0.4) is 0 Å². The van der Waals surface area contributed by atoms with Crippen molar-refractivity contribution in [3.05, 3.63) is 24.3 Å². The number of unbranched alkanes of at least 4 members (excludes halogenated alkanes) is 1. The Morgan fingerprint density at radius 2 is 2.00 bits per heavy atom. The summed E-state index contributed by atoms with van der Waals surface area (Å²) in [5, 5.41) is 11.0. The highest BCUT2D eigenvalue weighted by Gasteiger charge is 2.46. The van der Waals surface area contributed by atoms with E-state index >= 15 is 0 Å². The molecule has 0 radical (unpaired) electrons. The molecule has 1 heterocycles. The third-order valence-corrected chi connectivity index (χ3v) is 6.62. The molecule has 1 spiro atoms. The van der Waals surface area contributed by atoms with Crippen LogP contribution in [-0.2, 0) is 19.0 Å². The first kappa shape index (κ1) is 26.1. The zero-order valence-corrected chi connectivity index (χ0v) is 20.1. The van der Waals surface area contributed by atoms with Crippen molar-refractivity contribution in [3.63, 3.8) is 0 Å². The van der Waals surface area contributed by atoms with E-state index < -0.39 is 11.9 Å². The fraction of sp³-hybridized carbons (Fsp3) is 0.808. The number of hydrogen-bond donors (Lipinski definition) is 1. The third kappa shape index (κ3) is 8.36. The summed E-state index contributed by atoms with van der Waals surface area (Å²) in [6.07, 6.45) is 13.8. The van der Waals surface area contributed by atoms with E-state index in [2.05, 4.69) is 20.4 Å². The van der Waals surface area contributed by atoms with Gasteiger partial charge >= 0.3 is 5.97 Å². The summed E-state index contributed by atoms with van der Waals surface area (Å²) in [5.74, 6) is -0.743. The molecule has 0 aromatic carbocycles. The number of aliphatic hydroxyl groups is 1. The molecule has 0 aromatic rings. The first-order valence-electron chi connectivity index (χ1n) is 12.3. The molecule has 0 amide bonds. The topological polar surface area (TPSA) is 65.0 Å². The van der Waals surface area contributed by atoms with Gasteiger partial charge in [-0.2, -0.15) is 0 Å². The van der Waals surface area contributed by atoms with E-state index in [0.29, 0.717) is 6.42 Å². The van der Waals surface area contributed by atoms with Gasteiger partial charge in [-0.05, 0) is 45.4 Å². The molecule has 1 saturated heterocycles. The molecule has 1 saturated carbocycles. The second kappa shape index (κ2) is 12.8. The zero-order valence-electron chi connectivity index (χ0n) is 20.1. The monoisotopic (exact) mass is 436 g/mol. The predicted molar refractivity (Wildman–Crippen MR) is 124 cm³/mol. The molecule has 5 atom stereocenters. The van der Waals surface area contributed by atoms with Crippen molar-refractivity contribution in [2.75, 3.05) is 0 Å². The van der Waals surface area contributed by atoms with E-state index in [1.807, 2.05) is 19.1 Å². The first-order chi connectivity index (χ1) is 14.8. The molecule has 1 aliphatic heterocycles. The van der Waals surface area contributed by atoms with Gasteiger partial charge in [0, 0.05) is 38.5 Å². The largest absolute Gasteiger partial charge is 0.462 e. The van der Waals surface area contributed by atoms with Crippen LogP contribution in [0.15, 0.2) is 24.3 Å². The number of carbonyl (C=O) groups excluding carboxylic acids is 1. The molecule has 5 heteroatoms. The highest BCUT2D eigenvalue weighted by molar-refractivity contribution is 5.66. The molecule has 2 aliphatic rings. The third-order valence-electron chi connectivity index (χ3n) is 6.62. The van der Waals surface area contributed by atoms with Gasteiger partial charge in [0.1, 0.15) is 6.10 Å². The van der Waals surface area contributed by atoms with E-state index in [-0.39, 0.29) is 30.2 Å². The number of ether oxygens (including phenoxy) is 3. The van der Waals surface area contributed by atoms with Gasteiger partial charge in [-0.1, -0.05) is 38.0 Å². The van der Waals surface area contributed by atoms with Crippen molar-refractivity contribution >= 4 is 5.97 Å². The number of aliphatic hydroxyl groups excluding tert-OH is 1. The summed E-state index contributed by atoms with van der Waals surface area (Å²) < 4.78 is 18.4. The highest BCUT2D eigenvalue weighted by Crippen LogP contribution is 2.43. The van der Waals surface area contributed by atoms with Crippen LogP contribution in [0.4, 0.5) is 0 Å². The van der Waals surface area contributed by atoms with Crippen LogP contribution in [0.5, 0.6) is 0 Å². The molecule has 0 aromatic heterocycles. The lowest BCUT2D eigenvalue weighted by Gasteiger charge is -2.45. The summed E-state index contributed by atoms with van der Waals surface area (Å²) in [5.41, 5.74) is 1.05. The Labute approximate surface area is 189 Å². The number of allylic oxidation sites excluding steroid dienone is 1. The maximum absolute atomic E-state index is 11.4. The SMILES string of the molecule is C=CCCC[C@@H]1C[C@@H]([C@H](C)[C@H](O)/C=C(\C)C[C@@H](CCC)OC(C)=O)OC2(CCCC2)O1. The zero-order chi connectivity index (χ0) is 22.9. The molecular weight excluding hydrogens is 392 g/mol. The number of rotatable bonds is 12. The molecule has 2 rings (SSSR count). The van der Waals surface area contributed by atoms with Gasteiger partial charge in [0.25, 0.3) is 0 Å². The maximum atomic E-state index is 11.4. The quantitative estimate of drug-likeness (QED) is 0.236. The van der Waals surface area contributed by atoms with Crippen molar-refractivity contribution in [2.45, 2.75) is 129 Å². The lowest BCUT2D eigenvalue weighted by Crippen LogP contribution is -2.50. The molecular formula is C26H44O5. The number of hydrogen-bond acceptors (Lipinski definition) is 5. The van der Waals surface area contributed by atoms with Crippen LogP contribution >= 0.6 is 0 Å². The van der Waals surface area contributed by atoms with Crippen molar-refractivity contribution in [2.24, 2.45) is 5.92 Å². The van der Waals surface area contributed by atoms with Crippen molar-refractivity contribution < 1.29 is 24.1 Å². The molecule has 178 valence electrons. The fourth-order valence-electron chi connectivity index (χ4n) is 4.95. The average molecular weight is 437 g/mol. The van der Waals surface area contributed by atoms with Gasteiger partial charge in [-0.15, -0.1) is 6.58 Å². The molecule has 5 nitrogen and oxygen atoms in total. The van der Waals surface area contributed by atoms with Crippen LogP contribution in [0.25, 0.3) is 0 Å². The number of carbonyl (C=O) groups is 1. The molecule has 0 unspecified atom stereocenters. The summed E-state index contributed by atoms with van der Waals surface area (Å²) >= 11 is 0. The first-order valence-corrected chi connectivity index (χ1v) is 12.3. The molecule has 0 bridgehead atoms. The summed E-state index contributed by atoms with van der Waals surface area (Å²) in [7, 11) is 0. The minimum atomic E-state index is -0.602. The second-order valence-corrected chi connectivity index (χ2v) is 9.56. The van der Waals surface area contributed by atoms with Gasteiger partial charge in [0.15, 0.2) is 5.79 Å². The fourth-order valence-corrected chi connectivity index (χ4v) is 4.95. The summed E-state index contributed by atoms with van der Waals surface area (Å²) in [6, 6.07) is 0. The van der Waals surface area contributed by atoms with Gasteiger partial charge in [-0.3, -0.25) is 4.79 Å². The van der Waals surface area contributed by atoms with Gasteiger partial charge in [0.05, 0.1) is 18.3 Å². The Kier molecular flexibility index (Phi) is 10.7. The van der Waals surface area contributed by atoms with E-state index in [4.69, 9.17) is 14.2 Å². The van der Waals surface area contributed by atoms with Crippen molar-refractivity contribution in [1.29, 1.82) is 0 Å². The minimum absolute atomic E-state index is 0.0282. The van der Waals surface area contributed by atoms with Crippen LogP contribution in [0.2, 0.25) is 0 Å². The Bertz CT molecular complexity index is 593. The minimum Gasteiger partial charge on any atom is -0.462 e. The Morgan fingerprint density at radius 1 is 1.29 bits per heavy atom. The maximum Gasteiger partial charge on any atom is 0.302 e. The van der Waals surface area contributed by atoms with Crippen LogP contribution in [0, 0.1) is 5.92 Å². The van der Waals surface area contributed by atoms with E-state index in [9.17, 15) is 9.90 Å². The molecule has 31 heavy (non-hydrogen) atoms. The van der Waals surface area contributed by atoms with Gasteiger partial charge in [-0.25, -0.2) is 0 Å². The predicted octanol–water partition coefficient (Wildman–Crippen LogP) is 5.85. The van der Waals surface area contributed by atoms with Crippen molar-refractivity contribution in [3.8, 4) is 0 Å². The highest BCUT2D eigenvalue weighted by atomic mass is 16.7. The van der Waals surface area contributed by atoms with E-state index in [1.165, 1.54) is 6.92 Å². The van der Waals surface area contributed by atoms with Crippen LogP contribution in [0.1, 0.15) is 98.3 Å². The van der Waals surface area contributed by atoms with Crippen LogP contribution in [-0.4, -0.2) is 41.3 Å². The van der Waals surface area contributed by atoms with E-state index in [1.54, 1.807) is 0 Å². The lowest BCUT2D eigenvalue weighted by atomic mass is 9.89. The standard InChI is InChI=1S/C26H44O5/c1-6-8-9-13-23-18-25(31-26(30-23)14-10-11-15-26)20(4)24(28)17-19(3)16-22(12-7-2)29-21(5)27/h6,17,20,22-25,28H,1,7-16,18H2,2-5H3/b19-17+/t20-,22-,23-,24-,25+/m1/s1. The average Bonchev–Trinajstić information content (AvgIpc) is 3.14. The van der Waals surface area contributed by atoms with Crippen LogP contribution < -0.4 is 0 Å². The normalized spacial score (nSPS) is 26.4.